The summed E-state index contributed by atoms with van der Waals surface area (Å²) in [6, 6.07) is 5.31. The highest BCUT2D eigenvalue weighted by atomic mass is 16.6. The zero-order chi connectivity index (χ0) is 28.2. The Labute approximate surface area is 218 Å². The minimum Gasteiger partial charge on any atom is -0.508 e. The van der Waals surface area contributed by atoms with Gasteiger partial charge < -0.3 is 30.1 Å². The number of esters is 1. The van der Waals surface area contributed by atoms with Crippen molar-refractivity contribution in [3.63, 3.8) is 0 Å². The fourth-order valence-corrected chi connectivity index (χ4v) is 3.50. The maximum absolute atomic E-state index is 13.7. The van der Waals surface area contributed by atoms with Gasteiger partial charge in [-0.25, -0.2) is 4.79 Å². The maximum atomic E-state index is 13.7. The second kappa shape index (κ2) is 14.7. The molecule has 11 nitrogen and oxygen atoms in total. The van der Waals surface area contributed by atoms with Gasteiger partial charge in [-0.15, -0.1) is 0 Å². The van der Waals surface area contributed by atoms with Crippen LogP contribution in [0, 0.1) is 17.2 Å². The molecule has 0 spiro atoms. The molecule has 37 heavy (non-hydrogen) atoms. The molecule has 3 amide bonds. The van der Waals surface area contributed by atoms with Gasteiger partial charge in [0.2, 0.25) is 11.8 Å². The molecule has 11 heteroatoms. The number of phenols is 1. The quantitative estimate of drug-likeness (QED) is 0.281. The molecule has 0 aliphatic carbocycles. The van der Waals surface area contributed by atoms with Gasteiger partial charge in [0, 0.05) is 12.1 Å². The van der Waals surface area contributed by atoms with E-state index in [1.54, 1.807) is 39.8 Å². The molecule has 204 valence electrons. The molecule has 0 aliphatic rings. The smallest absolute Gasteiger partial charge is 0.408 e. The second-order valence-corrected chi connectivity index (χ2v) is 9.76. The first-order valence-corrected chi connectivity index (χ1v) is 12.2. The van der Waals surface area contributed by atoms with E-state index in [0.29, 0.717) is 0 Å². The third kappa shape index (κ3) is 10.8. The summed E-state index contributed by atoms with van der Waals surface area (Å²) in [5, 5.41) is 25.2. The largest absolute Gasteiger partial charge is 0.508 e. The lowest BCUT2D eigenvalue weighted by atomic mass is 9.98. The lowest BCUT2D eigenvalue weighted by Gasteiger charge is -2.33. The SMILES string of the molecule is CCOC(=O)CCNC(=O)C(c1ccccc1O)N(CC#N)C(=O)C(CC(C)C)NC(=O)OC(C)(C)C. The number of amides is 3. The summed E-state index contributed by atoms with van der Waals surface area (Å²) in [6.07, 6.45) is -0.714. The van der Waals surface area contributed by atoms with Gasteiger partial charge in [-0.1, -0.05) is 32.0 Å². The molecule has 1 aromatic rings. The van der Waals surface area contributed by atoms with E-state index in [4.69, 9.17) is 9.47 Å². The van der Waals surface area contributed by atoms with E-state index in [-0.39, 0.29) is 43.2 Å². The minimum atomic E-state index is -1.41. The predicted molar refractivity (Wildman–Crippen MR) is 135 cm³/mol. The number of aromatic hydroxyl groups is 1. The van der Waals surface area contributed by atoms with Crippen molar-refractivity contribution in [1.29, 1.82) is 5.26 Å². The molecule has 0 saturated carbocycles. The van der Waals surface area contributed by atoms with E-state index in [1.165, 1.54) is 12.1 Å². The number of alkyl carbamates (subject to hydrolysis) is 1. The Morgan fingerprint density at radius 1 is 1.16 bits per heavy atom. The van der Waals surface area contributed by atoms with Crippen LogP contribution in [0.1, 0.15) is 66.0 Å². The van der Waals surface area contributed by atoms with Crippen LogP contribution >= 0.6 is 0 Å². The molecule has 1 aromatic carbocycles. The van der Waals surface area contributed by atoms with Crippen molar-refractivity contribution in [2.45, 2.75) is 72.1 Å². The number of benzene rings is 1. The summed E-state index contributed by atoms with van der Waals surface area (Å²) in [5.41, 5.74) is -0.723. The van der Waals surface area contributed by atoms with Gasteiger partial charge in [0.15, 0.2) is 0 Å². The monoisotopic (exact) mass is 518 g/mol. The number of nitrogens with zero attached hydrogens (tertiary/aromatic N) is 2. The highest BCUT2D eigenvalue weighted by Crippen LogP contribution is 2.30. The molecular weight excluding hydrogens is 480 g/mol. The van der Waals surface area contributed by atoms with Crippen LogP contribution in [0.5, 0.6) is 5.75 Å². The summed E-state index contributed by atoms with van der Waals surface area (Å²) < 4.78 is 10.2. The molecule has 0 radical (unpaired) electrons. The highest BCUT2D eigenvalue weighted by molar-refractivity contribution is 5.92. The fraction of sp³-hybridized carbons (Fsp3) is 0.577. The number of phenolic OH excluding ortho intramolecular Hbond substituents is 1. The number of nitriles is 1. The van der Waals surface area contributed by atoms with Crippen LogP contribution in [0.3, 0.4) is 0 Å². The Morgan fingerprint density at radius 3 is 2.35 bits per heavy atom. The molecule has 0 heterocycles. The second-order valence-electron chi connectivity index (χ2n) is 9.76. The molecule has 1 rings (SSSR count). The molecule has 0 bridgehead atoms. The molecular formula is C26H38N4O7. The fourth-order valence-electron chi connectivity index (χ4n) is 3.50. The number of carbonyl (C=O) groups excluding carboxylic acids is 4. The van der Waals surface area contributed by atoms with Gasteiger partial charge in [-0.3, -0.25) is 14.4 Å². The molecule has 0 saturated heterocycles. The topological polar surface area (TPSA) is 158 Å². The van der Waals surface area contributed by atoms with E-state index < -0.39 is 48.1 Å². The summed E-state index contributed by atoms with van der Waals surface area (Å²) in [6.45, 7) is 10.0. The number of hydrogen-bond acceptors (Lipinski definition) is 8. The van der Waals surface area contributed by atoms with Crippen LogP contribution < -0.4 is 10.6 Å². The minimum absolute atomic E-state index is 0.0326. The highest BCUT2D eigenvalue weighted by Gasteiger charge is 2.37. The Kier molecular flexibility index (Phi) is 12.4. The summed E-state index contributed by atoms with van der Waals surface area (Å²) in [7, 11) is 0. The molecule has 2 atom stereocenters. The Balaban J connectivity index is 3.37. The maximum Gasteiger partial charge on any atom is 0.408 e. The van der Waals surface area contributed by atoms with Crippen molar-refractivity contribution in [3.05, 3.63) is 29.8 Å². The van der Waals surface area contributed by atoms with Gasteiger partial charge in [-0.05, 0) is 46.1 Å². The molecule has 0 aliphatic heterocycles. The lowest BCUT2D eigenvalue weighted by molar-refractivity contribution is -0.144. The zero-order valence-electron chi connectivity index (χ0n) is 22.4. The Morgan fingerprint density at radius 2 is 1.81 bits per heavy atom. The number of ether oxygens (including phenoxy) is 2. The van der Waals surface area contributed by atoms with Gasteiger partial charge in [0.05, 0.1) is 19.1 Å². The van der Waals surface area contributed by atoms with Gasteiger partial charge >= 0.3 is 12.1 Å². The van der Waals surface area contributed by atoms with Crippen LogP contribution in [0.25, 0.3) is 0 Å². The van der Waals surface area contributed by atoms with Crippen LogP contribution in [-0.4, -0.2) is 65.2 Å². The van der Waals surface area contributed by atoms with Crippen LogP contribution in [0.2, 0.25) is 0 Å². The lowest BCUT2D eigenvalue weighted by Crippen LogP contribution is -2.53. The van der Waals surface area contributed by atoms with Crippen molar-refractivity contribution < 1.29 is 33.8 Å². The standard InChI is InChI=1S/C26H38N4O7/c1-7-36-21(32)12-14-28-23(33)22(18-10-8-9-11-20(18)31)30(15-13-27)24(34)19(16-17(2)3)29-25(35)37-26(4,5)6/h8-11,17,19,22,31H,7,12,14-16H2,1-6H3,(H,28,33)(H,29,35). The van der Waals surface area contributed by atoms with Crippen LogP contribution in [0.4, 0.5) is 4.79 Å². The van der Waals surface area contributed by atoms with Crippen LogP contribution in [0.15, 0.2) is 24.3 Å². The van der Waals surface area contributed by atoms with Crippen molar-refractivity contribution in [1.82, 2.24) is 15.5 Å². The number of hydrogen-bond donors (Lipinski definition) is 3. The first-order valence-electron chi connectivity index (χ1n) is 12.2. The Bertz CT molecular complexity index is 982. The Hall–Kier alpha value is -3.81. The molecule has 0 aromatic heterocycles. The third-order valence-corrected chi connectivity index (χ3v) is 4.95. The first kappa shape index (κ1) is 31.2. The van der Waals surface area contributed by atoms with E-state index in [9.17, 15) is 29.5 Å². The first-order chi connectivity index (χ1) is 17.3. The number of carbonyl (C=O) groups is 4. The summed E-state index contributed by atoms with van der Waals surface area (Å²) in [4.78, 5) is 52.2. The van der Waals surface area contributed by atoms with E-state index in [2.05, 4.69) is 10.6 Å². The average molecular weight is 519 g/mol. The summed E-state index contributed by atoms with van der Waals surface area (Å²) >= 11 is 0. The predicted octanol–water partition coefficient (Wildman–Crippen LogP) is 2.79. The molecule has 3 N–H and O–H groups in total. The van der Waals surface area contributed by atoms with Crippen molar-refractivity contribution in [2.75, 3.05) is 19.7 Å². The van der Waals surface area contributed by atoms with E-state index in [0.717, 1.165) is 4.90 Å². The molecule has 0 fully saturated rings. The van der Waals surface area contributed by atoms with Gasteiger partial charge in [0.1, 0.15) is 30.0 Å². The van der Waals surface area contributed by atoms with E-state index >= 15 is 0 Å². The third-order valence-electron chi connectivity index (χ3n) is 4.95. The summed E-state index contributed by atoms with van der Waals surface area (Å²) in [5.74, 6) is -2.21. The van der Waals surface area contributed by atoms with Gasteiger partial charge in [-0.2, -0.15) is 5.26 Å². The van der Waals surface area contributed by atoms with Crippen molar-refractivity contribution >= 4 is 23.9 Å². The van der Waals surface area contributed by atoms with Crippen molar-refractivity contribution in [2.24, 2.45) is 5.92 Å². The number of nitrogens with one attached hydrogen (secondary N) is 2. The van der Waals surface area contributed by atoms with Gasteiger partial charge in [0.25, 0.3) is 0 Å². The zero-order valence-corrected chi connectivity index (χ0v) is 22.4. The number of para-hydroxylation sites is 1. The average Bonchev–Trinajstić information content (AvgIpc) is 2.77. The molecule has 2 unspecified atom stereocenters. The van der Waals surface area contributed by atoms with Crippen molar-refractivity contribution in [3.8, 4) is 11.8 Å². The number of rotatable bonds is 12. The van der Waals surface area contributed by atoms with Crippen LogP contribution in [-0.2, 0) is 23.9 Å². The normalized spacial score (nSPS) is 12.6. The van der Waals surface area contributed by atoms with E-state index in [1.807, 2.05) is 19.9 Å².